The van der Waals surface area contributed by atoms with Crippen LogP contribution in [-0.2, 0) is 13.1 Å². The summed E-state index contributed by atoms with van der Waals surface area (Å²) in [6, 6.07) is 0. The normalized spacial score (nSPS) is 10.7. The van der Waals surface area contributed by atoms with Gasteiger partial charge in [0.2, 0.25) is 0 Å². The minimum atomic E-state index is 0. The first kappa shape index (κ1) is 16.9. The van der Waals surface area contributed by atoms with E-state index in [4.69, 9.17) is 0 Å². The minimum Gasteiger partial charge on any atom is -0.357 e. The Balaban J connectivity index is 0.00000289. The van der Waals surface area contributed by atoms with Crippen molar-refractivity contribution in [3.63, 3.8) is 0 Å². The Hall–Kier alpha value is -1.12. The number of hydrogen-bond acceptors (Lipinski definition) is 3. The molecule has 0 unspecified atom stereocenters. The number of aliphatic imine (C=N–C) groups is 1. The third-order valence-electron chi connectivity index (χ3n) is 2.17. The monoisotopic (exact) mass is 364 g/mol. The van der Waals surface area contributed by atoms with E-state index >= 15 is 0 Å². The quantitative estimate of drug-likeness (QED) is 0.344. The molecule has 0 bridgehead atoms. The molecule has 0 radical (unpaired) electrons. The molecule has 0 saturated heterocycles. The molecule has 1 rings (SSSR count). The predicted octanol–water partition coefficient (Wildman–Crippen LogP) is 1.16. The van der Waals surface area contributed by atoms with Crippen molar-refractivity contribution in [2.24, 2.45) is 4.99 Å². The fourth-order valence-electron chi connectivity index (χ4n) is 1.33. The number of rotatable bonds is 6. The molecular formula is C11H21IN6. The molecule has 0 atom stereocenters. The highest BCUT2D eigenvalue weighted by molar-refractivity contribution is 14.0. The second kappa shape index (κ2) is 9.86. The van der Waals surface area contributed by atoms with Gasteiger partial charge in [0, 0.05) is 19.6 Å². The van der Waals surface area contributed by atoms with Gasteiger partial charge in [0.05, 0.1) is 0 Å². The second-order valence-electron chi connectivity index (χ2n) is 3.40. The molecule has 102 valence electrons. The Morgan fingerprint density at radius 3 is 2.89 bits per heavy atom. The van der Waals surface area contributed by atoms with E-state index in [-0.39, 0.29) is 24.0 Å². The summed E-state index contributed by atoms with van der Waals surface area (Å²) in [7, 11) is 0. The van der Waals surface area contributed by atoms with Gasteiger partial charge in [-0.3, -0.25) is 0 Å². The lowest BCUT2D eigenvalue weighted by Gasteiger charge is -2.09. The Labute approximate surface area is 125 Å². The molecule has 6 nitrogen and oxygen atoms in total. The molecule has 1 aromatic rings. The maximum Gasteiger partial charge on any atom is 0.191 e. The highest BCUT2D eigenvalue weighted by Gasteiger charge is 2.02. The Morgan fingerprint density at radius 2 is 2.28 bits per heavy atom. The lowest BCUT2D eigenvalue weighted by Crippen LogP contribution is -2.37. The maximum atomic E-state index is 4.43. The van der Waals surface area contributed by atoms with E-state index in [0.717, 1.165) is 24.9 Å². The van der Waals surface area contributed by atoms with E-state index in [0.29, 0.717) is 13.1 Å². The van der Waals surface area contributed by atoms with Gasteiger partial charge in [0.1, 0.15) is 12.9 Å². The van der Waals surface area contributed by atoms with Gasteiger partial charge in [-0.2, -0.15) is 0 Å². The van der Waals surface area contributed by atoms with Crippen LogP contribution in [-0.4, -0.2) is 33.8 Å². The lowest BCUT2D eigenvalue weighted by atomic mass is 10.5. The molecule has 0 aromatic carbocycles. The molecule has 1 heterocycles. The van der Waals surface area contributed by atoms with Crippen molar-refractivity contribution in [3.05, 3.63) is 24.8 Å². The number of nitrogens with zero attached hydrogens (tertiary/aromatic N) is 4. The Bertz CT molecular complexity index is 373. The van der Waals surface area contributed by atoms with Crippen LogP contribution in [0.15, 0.2) is 24.0 Å². The van der Waals surface area contributed by atoms with Crippen LogP contribution >= 0.6 is 24.0 Å². The fourth-order valence-corrected chi connectivity index (χ4v) is 1.33. The lowest BCUT2D eigenvalue weighted by molar-refractivity contribution is 0.695. The van der Waals surface area contributed by atoms with Crippen molar-refractivity contribution in [3.8, 4) is 0 Å². The maximum absolute atomic E-state index is 4.43. The van der Waals surface area contributed by atoms with Crippen LogP contribution in [0, 0.1) is 0 Å². The molecule has 7 heteroatoms. The first-order valence-corrected chi connectivity index (χ1v) is 5.81. The predicted molar refractivity (Wildman–Crippen MR) is 84.1 cm³/mol. The molecule has 0 aliphatic carbocycles. The average molecular weight is 364 g/mol. The number of nitrogens with one attached hydrogen (secondary N) is 2. The Kier molecular flexibility index (Phi) is 9.25. The van der Waals surface area contributed by atoms with Crippen LogP contribution in [0.4, 0.5) is 0 Å². The second-order valence-corrected chi connectivity index (χ2v) is 3.40. The average Bonchev–Trinajstić information content (AvgIpc) is 2.80. The summed E-state index contributed by atoms with van der Waals surface area (Å²) < 4.78 is 1.97. The van der Waals surface area contributed by atoms with Crippen LogP contribution in [0.2, 0.25) is 0 Å². The van der Waals surface area contributed by atoms with Crippen LogP contribution in [0.5, 0.6) is 0 Å². The van der Waals surface area contributed by atoms with Gasteiger partial charge < -0.3 is 15.2 Å². The van der Waals surface area contributed by atoms with Gasteiger partial charge in [-0.1, -0.05) is 6.08 Å². The van der Waals surface area contributed by atoms with E-state index in [9.17, 15) is 0 Å². The van der Waals surface area contributed by atoms with Gasteiger partial charge >= 0.3 is 0 Å². The number of halogens is 1. The zero-order chi connectivity index (χ0) is 12.5. The molecule has 1 aromatic heterocycles. The van der Waals surface area contributed by atoms with E-state index < -0.39 is 0 Å². The van der Waals surface area contributed by atoms with Crippen molar-refractivity contribution in [2.45, 2.75) is 26.9 Å². The van der Waals surface area contributed by atoms with Crippen LogP contribution < -0.4 is 10.6 Å². The van der Waals surface area contributed by atoms with E-state index in [2.05, 4.69) is 39.3 Å². The highest BCUT2D eigenvalue weighted by Crippen LogP contribution is 1.96. The number of aromatic nitrogens is 3. The van der Waals surface area contributed by atoms with Crippen molar-refractivity contribution < 1.29 is 0 Å². The van der Waals surface area contributed by atoms with Crippen molar-refractivity contribution in [2.75, 3.05) is 13.1 Å². The molecular weight excluding hydrogens is 343 g/mol. The topological polar surface area (TPSA) is 67.1 Å². The zero-order valence-corrected chi connectivity index (χ0v) is 13.2. The van der Waals surface area contributed by atoms with Gasteiger partial charge in [-0.25, -0.2) is 4.99 Å². The molecule has 0 saturated carbocycles. The summed E-state index contributed by atoms with van der Waals surface area (Å²) in [6.45, 7) is 10.6. The summed E-state index contributed by atoms with van der Waals surface area (Å²) >= 11 is 0. The molecule has 0 aliphatic heterocycles. The van der Waals surface area contributed by atoms with E-state index in [1.807, 2.05) is 11.5 Å². The van der Waals surface area contributed by atoms with Gasteiger partial charge in [-0.05, 0) is 13.8 Å². The smallest absolute Gasteiger partial charge is 0.191 e. The third kappa shape index (κ3) is 5.48. The van der Waals surface area contributed by atoms with Crippen molar-refractivity contribution in [1.29, 1.82) is 0 Å². The van der Waals surface area contributed by atoms with E-state index in [1.165, 1.54) is 0 Å². The van der Waals surface area contributed by atoms with E-state index in [1.54, 1.807) is 12.4 Å². The first-order chi connectivity index (χ1) is 8.31. The van der Waals surface area contributed by atoms with Crippen molar-refractivity contribution >= 4 is 29.9 Å². The molecule has 0 fully saturated rings. The van der Waals surface area contributed by atoms with Crippen LogP contribution in [0.1, 0.15) is 19.7 Å². The van der Waals surface area contributed by atoms with Gasteiger partial charge in [0.15, 0.2) is 11.8 Å². The summed E-state index contributed by atoms with van der Waals surface area (Å²) in [6.07, 6.45) is 3.51. The van der Waals surface area contributed by atoms with Gasteiger partial charge in [-0.15, -0.1) is 40.8 Å². The number of hydrogen-bond donors (Lipinski definition) is 2. The number of aryl methyl sites for hydroxylation is 1. The standard InChI is InChI=1S/C11H20N6.HI/c1-4-7-13-11(12-5-2)14-8-10-16-15-9-17(10)6-3;/h4,9H,1,5-8H2,2-3H3,(H2,12,13,14);1H. The first-order valence-electron chi connectivity index (χ1n) is 5.81. The van der Waals surface area contributed by atoms with Crippen molar-refractivity contribution in [1.82, 2.24) is 25.4 Å². The Morgan fingerprint density at radius 1 is 1.50 bits per heavy atom. The fraction of sp³-hybridized carbons (Fsp3) is 0.545. The molecule has 18 heavy (non-hydrogen) atoms. The summed E-state index contributed by atoms with van der Waals surface area (Å²) in [5, 5.41) is 14.2. The molecule has 0 aliphatic rings. The highest BCUT2D eigenvalue weighted by atomic mass is 127. The zero-order valence-electron chi connectivity index (χ0n) is 10.9. The van der Waals surface area contributed by atoms with Crippen LogP contribution in [0.3, 0.4) is 0 Å². The summed E-state index contributed by atoms with van der Waals surface area (Å²) in [5.41, 5.74) is 0. The largest absolute Gasteiger partial charge is 0.357 e. The number of guanidine groups is 1. The summed E-state index contributed by atoms with van der Waals surface area (Å²) in [5.74, 6) is 1.63. The SMILES string of the molecule is C=CCNC(=NCc1nncn1CC)NCC.I. The van der Waals surface area contributed by atoms with Crippen LogP contribution in [0.25, 0.3) is 0 Å². The minimum absolute atomic E-state index is 0. The van der Waals surface area contributed by atoms with Gasteiger partial charge in [0.25, 0.3) is 0 Å². The summed E-state index contributed by atoms with van der Waals surface area (Å²) in [4.78, 5) is 4.43. The molecule has 2 N–H and O–H groups in total. The molecule has 0 spiro atoms. The third-order valence-corrected chi connectivity index (χ3v) is 2.17. The molecule has 0 amide bonds.